The maximum atomic E-state index is 13.0. The van der Waals surface area contributed by atoms with Crippen molar-refractivity contribution in [2.75, 3.05) is 0 Å². The van der Waals surface area contributed by atoms with Crippen molar-refractivity contribution in [1.82, 2.24) is 39.7 Å². The van der Waals surface area contributed by atoms with Crippen LogP contribution in [-0.2, 0) is 20.0 Å². The first-order valence-electron chi connectivity index (χ1n) is 10.7. The molecule has 0 bridgehead atoms. The predicted octanol–water partition coefficient (Wildman–Crippen LogP) is 3.64. The van der Waals surface area contributed by atoms with E-state index in [1.54, 1.807) is 7.05 Å². The number of aromatic amines is 2. The summed E-state index contributed by atoms with van der Waals surface area (Å²) >= 11 is 5.26. The highest BCUT2D eigenvalue weighted by atomic mass is 32.1. The number of nitrogens with one attached hydrogen (secondary N) is 2. The summed E-state index contributed by atoms with van der Waals surface area (Å²) in [5.74, 6) is 1.49. The largest absolute Gasteiger partial charge is 0.318 e. The molecule has 0 aliphatic carbocycles. The highest BCUT2D eigenvalue weighted by molar-refractivity contribution is 7.71. The first-order valence-corrected chi connectivity index (χ1v) is 11.1. The SMILES string of the molecule is CCCc1nc2[nH]c(=S)n(C)c(=O)c2n1Cc1ccc(-c2ccccc2-c2nnn[nH]2)cc1. The second-order valence-corrected chi connectivity index (χ2v) is 8.23. The van der Waals surface area contributed by atoms with E-state index in [9.17, 15) is 4.79 Å². The van der Waals surface area contributed by atoms with Gasteiger partial charge in [-0.15, -0.1) is 5.10 Å². The van der Waals surface area contributed by atoms with Gasteiger partial charge in [0.2, 0.25) is 0 Å². The molecule has 5 rings (SSSR count). The molecule has 3 aromatic heterocycles. The molecule has 0 amide bonds. The maximum absolute atomic E-state index is 13.0. The standard InChI is InChI=1S/C23H22N8OS/c1-3-6-18-24-21-19(22(32)30(2)23(33)25-21)31(18)13-14-9-11-15(12-10-14)16-7-4-5-8-17(16)20-26-28-29-27-20/h4-5,7-12H,3,6,13H2,1-2H3,(H,25,33)(H,26,27,28,29). The van der Waals surface area contributed by atoms with E-state index in [1.807, 2.05) is 28.8 Å². The Hall–Kier alpha value is -3.92. The molecule has 0 saturated heterocycles. The molecule has 10 heteroatoms. The molecular formula is C23H22N8OS. The van der Waals surface area contributed by atoms with Gasteiger partial charge in [-0.2, -0.15) is 0 Å². The summed E-state index contributed by atoms with van der Waals surface area (Å²) in [6.07, 6.45) is 1.70. The van der Waals surface area contributed by atoms with Crippen LogP contribution in [-0.4, -0.2) is 39.7 Å². The molecule has 2 aromatic carbocycles. The third-order valence-corrected chi connectivity index (χ3v) is 6.07. The first kappa shape index (κ1) is 21.0. The van der Waals surface area contributed by atoms with Crippen molar-refractivity contribution in [2.24, 2.45) is 7.05 Å². The fourth-order valence-electron chi connectivity index (χ4n) is 4.01. The van der Waals surface area contributed by atoms with Gasteiger partial charge in [0.1, 0.15) is 5.82 Å². The lowest BCUT2D eigenvalue weighted by Crippen LogP contribution is -2.21. The molecule has 0 fully saturated rings. The molecular weight excluding hydrogens is 436 g/mol. The van der Waals surface area contributed by atoms with Gasteiger partial charge in [-0.3, -0.25) is 9.36 Å². The molecule has 9 nitrogen and oxygen atoms in total. The van der Waals surface area contributed by atoms with Crippen LogP contribution in [0.15, 0.2) is 53.3 Å². The Morgan fingerprint density at radius 1 is 1.06 bits per heavy atom. The number of hydrogen-bond donors (Lipinski definition) is 2. The number of tetrazole rings is 1. The van der Waals surface area contributed by atoms with Gasteiger partial charge in [-0.05, 0) is 45.8 Å². The van der Waals surface area contributed by atoms with Crippen LogP contribution in [0.1, 0.15) is 24.7 Å². The van der Waals surface area contributed by atoms with E-state index in [0.29, 0.717) is 28.3 Å². The van der Waals surface area contributed by atoms with E-state index >= 15 is 0 Å². The summed E-state index contributed by atoms with van der Waals surface area (Å²) in [4.78, 5) is 20.7. The summed E-state index contributed by atoms with van der Waals surface area (Å²) in [5, 5.41) is 14.3. The number of nitrogens with zero attached hydrogens (tertiary/aromatic N) is 6. The van der Waals surface area contributed by atoms with E-state index < -0.39 is 0 Å². The third-order valence-electron chi connectivity index (χ3n) is 5.69. The van der Waals surface area contributed by atoms with Gasteiger partial charge in [-0.1, -0.05) is 55.5 Å². The van der Waals surface area contributed by atoms with Gasteiger partial charge in [0.05, 0.1) is 0 Å². The van der Waals surface area contributed by atoms with E-state index in [1.165, 1.54) is 4.57 Å². The normalized spacial score (nSPS) is 11.3. The number of imidazole rings is 1. The Balaban J connectivity index is 1.54. The fourth-order valence-corrected chi connectivity index (χ4v) is 4.19. The average Bonchev–Trinajstić information content (AvgIpc) is 3.47. The maximum Gasteiger partial charge on any atom is 0.280 e. The van der Waals surface area contributed by atoms with Gasteiger partial charge in [0.15, 0.2) is 21.8 Å². The first-order chi connectivity index (χ1) is 16.1. The Morgan fingerprint density at radius 3 is 2.52 bits per heavy atom. The van der Waals surface area contributed by atoms with Crippen LogP contribution in [0.5, 0.6) is 0 Å². The lowest BCUT2D eigenvalue weighted by atomic mass is 9.98. The van der Waals surface area contributed by atoms with E-state index in [0.717, 1.165) is 40.9 Å². The van der Waals surface area contributed by atoms with Crippen LogP contribution in [0, 0.1) is 4.77 Å². The smallest absolute Gasteiger partial charge is 0.280 e. The Bertz CT molecular complexity index is 1540. The second kappa shape index (κ2) is 8.55. The number of aromatic nitrogens is 8. The van der Waals surface area contributed by atoms with Crippen LogP contribution >= 0.6 is 12.2 Å². The van der Waals surface area contributed by atoms with Gasteiger partial charge in [0.25, 0.3) is 5.56 Å². The Morgan fingerprint density at radius 2 is 1.82 bits per heavy atom. The number of fused-ring (bicyclic) bond motifs is 1. The van der Waals surface area contributed by atoms with Crippen LogP contribution < -0.4 is 5.56 Å². The van der Waals surface area contributed by atoms with E-state index in [4.69, 9.17) is 12.2 Å². The fraction of sp³-hybridized carbons (Fsp3) is 0.217. The molecule has 2 N–H and O–H groups in total. The zero-order valence-corrected chi connectivity index (χ0v) is 19.1. The number of H-pyrrole nitrogens is 2. The number of benzene rings is 2. The van der Waals surface area contributed by atoms with Gasteiger partial charge in [-0.25, -0.2) is 10.1 Å². The zero-order valence-electron chi connectivity index (χ0n) is 18.2. The molecule has 0 spiro atoms. The predicted molar refractivity (Wildman–Crippen MR) is 128 cm³/mol. The molecule has 0 atom stereocenters. The highest BCUT2D eigenvalue weighted by Gasteiger charge is 2.16. The van der Waals surface area contributed by atoms with Crippen LogP contribution in [0.25, 0.3) is 33.7 Å². The highest BCUT2D eigenvalue weighted by Crippen LogP contribution is 2.30. The minimum atomic E-state index is -0.144. The minimum Gasteiger partial charge on any atom is -0.318 e. The van der Waals surface area contributed by atoms with Crippen molar-refractivity contribution in [2.45, 2.75) is 26.3 Å². The summed E-state index contributed by atoms with van der Waals surface area (Å²) in [7, 11) is 1.67. The molecule has 0 aliphatic heterocycles. The van der Waals surface area contributed by atoms with Gasteiger partial charge < -0.3 is 9.55 Å². The molecule has 0 radical (unpaired) electrons. The average molecular weight is 459 g/mol. The van der Waals surface area contributed by atoms with Crippen molar-refractivity contribution in [3.8, 4) is 22.5 Å². The molecule has 0 aliphatic rings. The number of aryl methyl sites for hydroxylation is 1. The van der Waals surface area contributed by atoms with E-state index in [2.05, 4.69) is 61.8 Å². The molecule has 5 aromatic rings. The molecule has 3 heterocycles. The lowest BCUT2D eigenvalue weighted by Gasteiger charge is -2.11. The van der Waals surface area contributed by atoms with Gasteiger partial charge >= 0.3 is 0 Å². The topological polar surface area (TPSA) is 110 Å². The van der Waals surface area contributed by atoms with Crippen molar-refractivity contribution in [3.05, 3.63) is 75.0 Å². The van der Waals surface area contributed by atoms with Gasteiger partial charge in [0, 0.05) is 25.6 Å². The lowest BCUT2D eigenvalue weighted by molar-refractivity contribution is 0.715. The Labute approximate surface area is 194 Å². The second-order valence-electron chi connectivity index (χ2n) is 7.85. The number of rotatable bonds is 6. The minimum absolute atomic E-state index is 0.144. The number of hydrogen-bond acceptors (Lipinski definition) is 6. The third kappa shape index (κ3) is 3.78. The van der Waals surface area contributed by atoms with Crippen molar-refractivity contribution >= 4 is 23.4 Å². The molecule has 0 unspecified atom stereocenters. The van der Waals surface area contributed by atoms with Crippen molar-refractivity contribution in [1.29, 1.82) is 0 Å². The van der Waals surface area contributed by atoms with Crippen molar-refractivity contribution in [3.63, 3.8) is 0 Å². The molecule has 166 valence electrons. The Kier molecular flexibility index (Phi) is 5.43. The van der Waals surface area contributed by atoms with Crippen LogP contribution in [0.3, 0.4) is 0 Å². The summed E-state index contributed by atoms with van der Waals surface area (Å²) in [6, 6.07) is 16.3. The monoisotopic (exact) mass is 458 g/mol. The summed E-state index contributed by atoms with van der Waals surface area (Å²) in [6.45, 7) is 2.64. The summed E-state index contributed by atoms with van der Waals surface area (Å²) < 4.78 is 3.81. The van der Waals surface area contributed by atoms with Crippen LogP contribution in [0.2, 0.25) is 0 Å². The molecule has 0 saturated carbocycles. The molecule has 33 heavy (non-hydrogen) atoms. The van der Waals surface area contributed by atoms with Crippen LogP contribution in [0.4, 0.5) is 0 Å². The quantitative estimate of drug-likeness (QED) is 0.376. The zero-order chi connectivity index (χ0) is 22.9. The summed E-state index contributed by atoms with van der Waals surface area (Å²) in [5.41, 5.74) is 5.02. The van der Waals surface area contributed by atoms with E-state index in [-0.39, 0.29) is 5.56 Å². The van der Waals surface area contributed by atoms with Crippen molar-refractivity contribution < 1.29 is 0 Å².